The molecule has 2 aromatic rings. The Kier molecular flexibility index (Phi) is 5.07. The van der Waals surface area contributed by atoms with E-state index in [1.807, 2.05) is 13.1 Å². The van der Waals surface area contributed by atoms with Crippen molar-refractivity contribution in [3.05, 3.63) is 83.7 Å². The van der Waals surface area contributed by atoms with Crippen LogP contribution in [0.3, 0.4) is 0 Å². The minimum Gasteiger partial charge on any atom is -0.376 e. The number of hydrogen-bond acceptors (Lipinski definition) is 4. The van der Waals surface area contributed by atoms with Crippen LogP contribution < -0.4 is 5.32 Å². The largest absolute Gasteiger partial charge is 0.376 e. The van der Waals surface area contributed by atoms with Gasteiger partial charge in [0.25, 0.3) is 0 Å². The van der Waals surface area contributed by atoms with Crippen molar-refractivity contribution in [1.29, 1.82) is 0 Å². The van der Waals surface area contributed by atoms with Crippen molar-refractivity contribution < 1.29 is 0 Å². The van der Waals surface area contributed by atoms with Gasteiger partial charge in [0.2, 0.25) is 0 Å². The summed E-state index contributed by atoms with van der Waals surface area (Å²) in [5, 5.41) is 3.48. The zero-order valence-electron chi connectivity index (χ0n) is 18.7. The highest BCUT2D eigenvalue weighted by Gasteiger charge is 2.31. The van der Waals surface area contributed by atoms with E-state index in [2.05, 4.69) is 85.0 Å². The summed E-state index contributed by atoms with van der Waals surface area (Å²) >= 11 is 0. The molecule has 0 amide bonds. The number of hydrogen-bond donors (Lipinski definition) is 1. The highest BCUT2D eigenvalue weighted by atomic mass is 15.2. The summed E-state index contributed by atoms with van der Waals surface area (Å²) in [5.74, 6) is 0. The van der Waals surface area contributed by atoms with E-state index in [0.717, 1.165) is 65.5 Å². The molecule has 2 aliphatic rings. The number of rotatable bonds is 4. The Morgan fingerprint density at radius 2 is 1.77 bits per heavy atom. The third-order valence-electron chi connectivity index (χ3n) is 6.46. The average Bonchev–Trinajstić information content (AvgIpc) is 2.96. The number of aryl methyl sites for hydroxylation is 1. The van der Waals surface area contributed by atoms with Crippen LogP contribution in [0.15, 0.2) is 50.2 Å². The van der Waals surface area contributed by atoms with Gasteiger partial charge in [-0.05, 0) is 56.7 Å². The van der Waals surface area contributed by atoms with Gasteiger partial charge in [-0.3, -0.25) is 4.98 Å². The standard InChI is InChI=1S/C26H32N4/c1-17(21-8-9-23-19(3)28-26(5,6)25(23)15-21)24-14-22(16-27-18(24)2)20(4)30-12-10-29(7)11-13-30/h8-9,14-16,28H,1,3-4,10-13H2,2,5-7H3. The lowest BCUT2D eigenvalue weighted by atomic mass is 9.89. The van der Waals surface area contributed by atoms with Gasteiger partial charge < -0.3 is 15.1 Å². The monoisotopic (exact) mass is 400 g/mol. The van der Waals surface area contributed by atoms with Crippen molar-refractivity contribution >= 4 is 17.0 Å². The highest BCUT2D eigenvalue weighted by molar-refractivity contribution is 5.83. The fourth-order valence-corrected chi connectivity index (χ4v) is 4.43. The molecular weight excluding hydrogens is 368 g/mol. The smallest absolute Gasteiger partial charge is 0.0575 e. The predicted molar refractivity (Wildman–Crippen MR) is 127 cm³/mol. The molecule has 2 aliphatic heterocycles. The Hall–Kier alpha value is -2.85. The summed E-state index contributed by atoms with van der Waals surface area (Å²) in [6.07, 6.45) is 1.94. The number of pyridine rings is 1. The maximum absolute atomic E-state index is 4.68. The van der Waals surface area contributed by atoms with Crippen LogP contribution in [0.4, 0.5) is 0 Å². The Morgan fingerprint density at radius 1 is 1.07 bits per heavy atom. The molecule has 0 unspecified atom stereocenters. The highest BCUT2D eigenvalue weighted by Crippen LogP contribution is 2.38. The van der Waals surface area contributed by atoms with E-state index >= 15 is 0 Å². The van der Waals surface area contributed by atoms with Gasteiger partial charge in [0, 0.05) is 66.2 Å². The molecule has 1 aromatic carbocycles. The minimum atomic E-state index is -0.131. The second-order valence-electron chi connectivity index (χ2n) is 9.06. The molecular formula is C26H32N4. The molecule has 0 spiro atoms. The van der Waals surface area contributed by atoms with Crippen molar-refractivity contribution in [2.45, 2.75) is 26.3 Å². The molecule has 1 fully saturated rings. The Balaban J connectivity index is 1.65. The van der Waals surface area contributed by atoms with Crippen LogP contribution in [-0.2, 0) is 5.54 Å². The molecule has 0 bridgehead atoms. The molecule has 4 nitrogen and oxygen atoms in total. The second kappa shape index (κ2) is 7.44. The number of piperazine rings is 1. The Labute approximate surface area is 180 Å². The van der Waals surface area contributed by atoms with Crippen LogP contribution in [-0.4, -0.2) is 48.0 Å². The van der Waals surface area contributed by atoms with Crippen LogP contribution >= 0.6 is 0 Å². The summed E-state index contributed by atoms with van der Waals surface area (Å²) in [5.41, 5.74) is 9.57. The first-order valence-corrected chi connectivity index (χ1v) is 10.6. The van der Waals surface area contributed by atoms with E-state index in [-0.39, 0.29) is 5.54 Å². The Bertz CT molecular complexity index is 1040. The molecule has 1 aromatic heterocycles. The first kappa shape index (κ1) is 20.4. The van der Waals surface area contributed by atoms with E-state index in [1.54, 1.807) is 0 Å². The zero-order valence-corrected chi connectivity index (χ0v) is 18.7. The summed E-state index contributed by atoms with van der Waals surface area (Å²) in [4.78, 5) is 9.39. The van der Waals surface area contributed by atoms with Gasteiger partial charge in [-0.1, -0.05) is 31.9 Å². The molecule has 0 radical (unpaired) electrons. The summed E-state index contributed by atoms with van der Waals surface area (Å²) < 4.78 is 0. The zero-order chi connectivity index (χ0) is 21.6. The van der Waals surface area contributed by atoms with E-state index in [4.69, 9.17) is 0 Å². The van der Waals surface area contributed by atoms with Gasteiger partial charge in [-0.2, -0.15) is 0 Å². The van der Waals surface area contributed by atoms with Crippen LogP contribution in [0.2, 0.25) is 0 Å². The number of aromatic nitrogens is 1. The summed E-state index contributed by atoms with van der Waals surface area (Å²) in [6.45, 7) is 23.5. The lowest BCUT2D eigenvalue weighted by Gasteiger charge is -2.35. The van der Waals surface area contributed by atoms with Crippen LogP contribution in [0.25, 0.3) is 17.0 Å². The molecule has 4 heteroatoms. The molecule has 4 rings (SSSR count). The van der Waals surface area contributed by atoms with Crippen LogP contribution in [0.5, 0.6) is 0 Å². The van der Waals surface area contributed by atoms with Gasteiger partial charge in [0.15, 0.2) is 0 Å². The molecule has 1 N–H and O–H groups in total. The van der Waals surface area contributed by atoms with Gasteiger partial charge in [-0.25, -0.2) is 0 Å². The van der Waals surface area contributed by atoms with Gasteiger partial charge in [-0.15, -0.1) is 0 Å². The van der Waals surface area contributed by atoms with E-state index < -0.39 is 0 Å². The number of nitrogens with zero attached hydrogens (tertiary/aromatic N) is 3. The quantitative estimate of drug-likeness (QED) is 0.820. The Morgan fingerprint density at radius 3 is 2.47 bits per heavy atom. The van der Waals surface area contributed by atoms with E-state index in [1.165, 1.54) is 11.1 Å². The third kappa shape index (κ3) is 3.56. The SMILES string of the molecule is C=C1NC(C)(C)c2cc(C(=C)c3cc(C(=C)N4CCN(C)CC4)cnc3C)ccc21. The molecule has 30 heavy (non-hydrogen) atoms. The third-order valence-corrected chi connectivity index (χ3v) is 6.46. The molecule has 0 saturated carbocycles. The number of likely N-dealkylation sites (N-methyl/N-ethyl adjacent to an activating group) is 1. The number of nitrogens with one attached hydrogen (secondary N) is 1. The molecule has 0 aliphatic carbocycles. The van der Waals surface area contributed by atoms with Crippen molar-refractivity contribution in [3.8, 4) is 0 Å². The average molecular weight is 401 g/mol. The van der Waals surface area contributed by atoms with E-state index in [0.29, 0.717) is 0 Å². The first-order valence-electron chi connectivity index (χ1n) is 10.6. The topological polar surface area (TPSA) is 31.4 Å². The lowest BCUT2D eigenvalue weighted by molar-refractivity contribution is 0.207. The van der Waals surface area contributed by atoms with Gasteiger partial charge >= 0.3 is 0 Å². The molecule has 1 saturated heterocycles. The fraction of sp³-hybridized carbons (Fsp3) is 0.346. The molecule has 156 valence electrons. The minimum absolute atomic E-state index is 0.131. The summed E-state index contributed by atoms with van der Waals surface area (Å²) in [7, 11) is 2.17. The van der Waals surface area contributed by atoms with Crippen molar-refractivity contribution in [3.63, 3.8) is 0 Å². The van der Waals surface area contributed by atoms with E-state index in [9.17, 15) is 0 Å². The maximum atomic E-state index is 4.68. The molecule has 0 atom stereocenters. The molecule has 3 heterocycles. The summed E-state index contributed by atoms with van der Waals surface area (Å²) in [6, 6.07) is 8.72. The van der Waals surface area contributed by atoms with Crippen LogP contribution in [0, 0.1) is 6.92 Å². The van der Waals surface area contributed by atoms with Crippen molar-refractivity contribution in [1.82, 2.24) is 20.1 Å². The number of benzene rings is 1. The second-order valence-corrected chi connectivity index (χ2v) is 9.06. The lowest BCUT2D eigenvalue weighted by Crippen LogP contribution is -2.43. The predicted octanol–water partition coefficient (Wildman–Crippen LogP) is 4.48. The normalized spacial score (nSPS) is 18.1. The first-order chi connectivity index (χ1) is 14.2. The van der Waals surface area contributed by atoms with Gasteiger partial charge in [0.1, 0.15) is 0 Å². The number of fused-ring (bicyclic) bond motifs is 1. The van der Waals surface area contributed by atoms with Crippen LogP contribution in [0.1, 0.15) is 47.4 Å². The van der Waals surface area contributed by atoms with Crippen molar-refractivity contribution in [2.75, 3.05) is 33.2 Å². The maximum Gasteiger partial charge on any atom is 0.0575 e. The van der Waals surface area contributed by atoms with Gasteiger partial charge in [0.05, 0.1) is 5.54 Å². The fourth-order valence-electron chi connectivity index (χ4n) is 4.43. The van der Waals surface area contributed by atoms with Crippen molar-refractivity contribution in [2.24, 2.45) is 0 Å².